The highest BCUT2D eigenvalue weighted by Gasteiger charge is 2.32. The standard InChI is InChI=1S/C14H20FNO2/c1-14(2,13(17)18)9-12(16(3)4)10-6-5-7-11(15)8-10/h5-8,12H,9H2,1-4H3,(H,17,18). The summed E-state index contributed by atoms with van der Waals surface area (Å²) in [4.78, 5) is 13.1. The number of hydrogen-bond acceptors (Lipinski definition) is 2. The van der Waals surface area contributed by atoms with Gasteiger partial charge in [0.25, 0.3) is 0 Å². The van der Waals surface area contributed by atoms with Crippen LogP contribution in [0.5, 0.6) is 0 Å². The van der Waals surface area contributed by atoms with Crippen LogP contribution < -0.4 is 0 Å². The maximum atomic E-state index is 13.2. The SMILES string of the molecule is CN(C)C(CC(C)(C)C(=O)O)c1cccc(F)c1. The summed E-state index contributed by atoms with van der Waals surface area (Å²) < 4.78 is 13.2. The third kappa shape index (κ3) is 3.53. The van der Waals surface area contributed by atoms with E-state index in [9.17, 15) is 14.3 Å². The predicted octanol–water partition coefficient (Wildman–Crippen LogP) is 2.93. The van der Waals surface area contributed by atoms with E-state index in [-0.39, 0.29) is 11.9 Å². The molecule has 1 aromatic rings. The molecule has 1 unspecified atom stereocenters. The number of carboxylic acid groups (broad SMARTS) is 1. The van der Waals surface area contributed by atoms with E-state index in [1.54, 1.807) is 19.9 Å². The zero-order chi connectivity index (χ0) is 13.9. The van der Waals surface area contributed by atoms with Crippen LogP contribution in [0.1, 0.15) is 31.9 Å². The Hall–Kier alpha value is -1.42. The van der Waals surface area contributed by atoms with Crippen molar-refractivity contribution >= 4 is 5.97 Å². The second-order valence-electron chi connectivity index (χ2n) is 5.43. The fraction of sp³-hybridized carbons (Fsp3) is 0.500. The highest BCUT2D eigenvalue weighted by Crippen LogP contribution is 2.33. The molecule has 0 aliphatic heterocycles. The molecule has 1 N–H and O–H groups in total. The molecule has 100 valence electrons. The second-order valence-corrected chi connectivity index (χ2v) is 5.43. The van der Waals surface area contributed by atoms with Gasteiger partial charge in [-0.1, -0.05) is 12.1 Å². The van der Waals surface area contributed by atoms with E-state index in [2.05, 4.69) is 0 Å². The second kappa shape index (κ2) is 5.48. The normalized spacial score (nSPS) is 13.7. The van der Waals surface area contributed by atoms with Gasteiger partial charge in [-0.05, 0) is 52.1 Å². The minimum absolute atomic E-state index is 0.119. The molecule has 0 aliphatic rings. The summed E-state index contributed by atoms with van der Waals surface area (Å²) in [5, 5.41) is 9.18. The van der Waals surface area contributed by atoms with E-state index in [1.807, 2.05) is 25.1 Å². The number of benzene rings is 1. The van der Waals surface area contributed by atoms with E-state index >= 15 is 0 Å². The van der Waals surface area contributed by atoms with Crippen LogP contribution in [0.15, 0.2) is 24.3 Å². The molecule has 1 aromatic carbocycles. The average molecular weight is 253 g/mol. The molecule has 0 fully saturated rings. The molecule has 1 rings (SSSR count). The van der Waals surface area contributed by atoms with Crippen LogP contribution in [0.25, 0.3) is 0 Å². The van der Waals surface area contributed by atoms with Gasteiger partial charge in [0.05, 0.1) is 5.41 Å². The van der Waals surface area contributed by atoms with Crippen molar-refractivity contribution in [3.05, 3.63) is 35.6 Å². The molecular weight excluding hydrogens is 233 g/mol. The van der Waals surface area contributed by atoms with Crippen molar-refractivity contribution in [3.8, 4) is 0 Å². The van der Waals surface area contributed by atoms with Crippen molar-refractivity contribution in [1.82, 2.24) is 4.90 Å². The molecular formula is C14H20FNO2. The van der Waals surface area contributed by atoms with Crippen molar-refractivity contribution in [2.45, 2.75) is 26.3 Å². The number of carbonyl (C=O) groups is 1. The van der Waals surface area contributed by atoms with Gasteiger partial charge in [0, 0.05) is 6.04 Å². The number of carboxylic acids is 1. The van der Waals surface area contributed by atoms with Gasteiger partial charge >= 0.3 is 5.97 Å². The quantitative estimate of drug-likeness (QED) is 0.877. The monoisotopic (exact) mass is 253 g/mol. The Balaban J connectivity index is 3.01. The highest BCUT2D eigenvalue weighted by molar-refractivity contribution is 5.73. The Labute approximate surface area is 107 Å². The third-order valence-corrected chi connectivity index (χ3v) is 3.14. The van der Waals surface area contributed by atoms with Crippen LogP contribution in [-0.2, 0) is 4.79 Å². The maximum Gasteiger partial charge on any atom is 0.309 e. The lowest BCUT2D eigenvalue weighted by Crippen LogP contribution is -2.31. The lowest BCUT2D eigenvalue weighted by atomic mass is 9.83. The molecule has 0 aliphatic carbocycles. The van der Waals surface area contributed by atoms with E-state index in [1.165, 1.54) is 12.1 Å². The van der Waals surface area contributed by atoms with Crippen LogP contribution in [0.3, 0.4) is 0 Å². The highest BCUT2D eigenvalue weighted by atomic mass is 19.1. The van der Waals surface area contributed by atoms with Gasteiger partial charge in [0.1, 0.15) is 5.82 Å². The fourth-order valence-corrected chi connectivity index (χ4v) is 1.88. The molecule has 4 heteroatoms. The van der Waals surface area contributed by atoms with Crippen LogP contribution >= 0.6 is 0 Å². The zero-order valence-electron chi connectivity index (χ0n) is 11.3. The van der Waals surface area contributed by atoms with Gasteiger partial charge in [-0.3, -0.25) is 4.79 Å². The van der Waals surface area contributed by atoms with Crippen LogP contribution in [-0.4, -0.2) is 30.1 Å². The smallest absolute Gasteiger partial charge is 0.309 e. The number of rotatable bonds is 5. The van der Waals surface area contributed by atoms with Gasteiger partial charge in [-0.2, -0.15) is 0 Å². The predicted molar refractivity (Wildman–Crippen MR) is 68.9 cm³/mol. The molecule has 3 nitrogen and oxygen atoms in total. The molecule has 1 atom stereocenters. The first-order valence-corrected chi connectivity index (χ1v) is 5.89. The molecule has 0 aromatic heterocycles. The van der Waals surface area contributed by atoms with Crippen molar-refractivity contribution in [2.75, 3.05) is 14.1 Å². The first kappa shape index (κ1) is 14.6. The van der Waals surface area contributed by atoms with Crippen molar-refractivity contribution in [2.24, 2.45) is 5.41 Å². The summed E-state index contributed by atoms with van der Waals surface area (Å²) in [6.45, 7) is 3.37. The molecule has 0 amide bonds. The van der Waals surface area contributed by atoms with Crippen LogP contribution in [0, 0.1) is 11.2 Å². The average Bonchev–Trinajstić information content (AvgIpc) is 2.25. The topological polar surface area (TPSA) is 40.5 Å². The molecule has 0 spiro atoms. The summed E-state index contributed by atoms with van der Waals surface area (Å²) in [5.74, 6) is -1.14. The Kier molecular flexibility index (Phi) is 4.46. The summed E-state index contributed by atoms with van der Waals surface area (Å²) in [7, 11) is 3.74. The van der Waals surface area contributed by atoms with Gasteiger partial charge in [-0.25, -0.2) is 4.39 Å². The number of nitrogens with zero attached hydrogens (tertiary/aromatic N) is 1. The Morgan fingerprint density at radius 3 is 2.50 bits per heavy atom. The molecule has 0 heterocycles. The van der Waals surface area contributed by atoms with E-state index in [0.717, 1.165) is 5.56 Å². The lowest BCUT2D eigenvalue weighted by Gasteiger charge is -2.31. The van der Waals surface area contributed by atoms with Crippen molar-refractivity contribution < 1.29 is 14.3 Å². The third-order valence-electron chi connectivity index (χ3n) is 3.14. The summed E-state index contributed by atoms with van der Waals surface area (Å²) >= 11 is 0. The minimum Gasteiger partial charge on any atom is -0.481 e. The Bertz CT molecular complexity index is 430. The van der Waals surface area contributed by atoms with Crippen LogP contribution in [0.2, 0.25) is 0 Å². The first-order chi connectivity index (χ1) is 8.24. The van der Waals surface area contributed by atoms with E-state index in [0.29, 0.717) is 6.42 Å². The summed E-state index contributed by atoms with van der Waals surface area (Å²) in [5.41, 5.74) is -0.0457. The zero-order valence-corrected chi connectivity index (χ0v) is 11.3. The van der Waals surface area contributed by atoms with E-state index < -0.39 is 11.4 Å². The molecule has 0 radical (unpaired) electrons. The van der Waals surface area contributed by atoms with E-state index in [4.69, 9.17) is 0 Å². The van der Waals surface area contributed by atoms with Gasteiger partial charge in [0.15, 0.2) is 0 Å². The van der Waals surface area contributed by atoms with Gasteiger partial charge in [0.2, 0.25) is 0 Å². The summed E-state index contributed by atoms with van der Waals surface area (Å²) in [6.07, 6.45) is 0.429. The van der Waals surface area contributed by atoms with Crippen molar-refractivity contribution in [1.29, 1.82) is 0 Å². The Morgan fingerprint density at radius 2 is 2.06 bits per heavy atom. The summed E-state index contributed by atoms with van der Waals surface area (Å²) in [6, 6.07) is 6.20. The van der Waals surface area contributed by atoms with Crippen molar-refractivity contribution in [3.63, 3.8) is 0 Å². The minimum atomic E-state index is -0.846. The number of halogens is 1. The van der Waals surface area contributed by atoms with Gasteiger partial charge < -0.3 is 10.0 Å². The number of aliphatic carboxylic acids is 1. The molecule has 0 bridgehead atoms. The number of hydrogen-bond donors (Lipinski definition) is 1. The lowest BCUT2D eigenvalue weighted by molar-refractivity contribution is -0.148. The fourth-order valence-electron chi connectivity index (χ4n) is 1.88. The van der Waals surface area contributed by atoms with Crippen LogP contribution in [0.4, 0.5) is 4.39 Å². The molecule has 0 saturated heterocycles. The maximum absolute atomic E-state index is 13.2. The Morgan fingerprint density at radius 1 is 1.44 bits per heavy atom. The molecule has 0 saturated carbocycles. The largest absolute Gasteiger partial charge is 0.481 e. The first-order valence-electron chi connectivity index (χ1n) is 5.89. The van der Waals surface area contributed by atoms with Gasteiger partial charge in [-0.15, -0.1) is 0 Å². The molecule has 18 heavy (non-hydrogen) atoms.